The summed E-state index contributed by atoms with van der Waals surface area (Å²) >= 11 is 0. The molecule has 0 fully saturated rings. The molecule has 0 N–H and O–H groups in total. The molecular weight excluding hydrogens is 456 g/mol. The average Bonchev–Trinajstić information content (AvgIpc) is 3.47. The Morgan fingerprint density at radius 1 is 0.568 bits per heavy atom. The van der Waals surface area contributed by atoms with Crippen LogP contribution in [0.2, 0.25) is 0 Å². The monoisotopic (exact) mass is 478 g/mol. The first-order valence-corrected chi connectivity index (χ1v) is 12.2. The van der Waals surface area contributed by atoms with E-state index in [0.29, 0.717) is 0 Å². The van der Waals surface area contributed by atoms with Gasteiger partial charge in [0, 0.05) is 18.0 Å². The number of aromatic nitrogens is 3. The highest BCUT2D eigenvalue weighted by Crippen LogP contribution is 2.49. The standard InChI is InChI=1S/C32H22N4O/c1-2-8-23(9-3-1)24-15-17-25(18-16-24)26-21-34-35(22-26)27-10-6-11-28(20-27)36-29-12-4-5-13-30(29)37-31-14-7-19-33-32(31)36/h1-22H. The molecule has 7 rings (SSSR count). The molecule has 0 saturated carbocycles. The maximum atomic E-state index is 6.11. The number of rotatable bonds is 4. The zero-order valence-corrected chi connectivity index (χ0v) is 19.9. The van der Waals surface area contributed by atoms with E-state index >= 15 is 0 Å². The highest BCUT2D eigenvalue weighted by atomic mass is 16.5. The molecule has 176 valence electrons. The minimum Gasteiger partial charge on any atom is -0.451 e. The second kappa shape index (κ2) is 8.81. The molecule has 0 radical (unpaired) electrons. The highest BCUT2D eigenvalue weighted by molar-refractivity contribution is 5.84. The van der Waals surface area contributed by atoms with Crippen molar-refractivity contribution in [3.63, 3.8) is 0 Å². The van der Waals surface area contributed by atoms with Crippen LogP contribution in [0.4, 0.5) is 17.2 Å². The molecule has 1 aliphatic heterocycles. The normalized spacial score (nSPS) is 11.9. The lowest BCUT2D eigenvalue weighted by molar-refractivity contribution is 0.474. The van der Waals surface area contributed by atoms with Gasteiger partial charge in [0.1, 0.15) is 0 Å². The molecule has 4 aromatic carbocycles. The summed E-state index contributed by atoms with van der Waals surface area (Å²) in [7, 11) is 0. The van der Waals surface area contributed by atoms with E-state index in [2.05, 4.69) is 87.9 Å². The molecule has 0 aliphatic carbocycles. The van der Waals surface area contributed by atoms with Crippen molar-refractivity contribution < 1.29 is 4.74 Å². The topological polar surface area (TPSA) is 43.2 Å². The SMILES string of the molecule is c1ccc(-c2ccc(-c3cnn(-c4cccc(N5c6ccccc6Oc6cccnc65)c4)c3)cc2)cc1. The van der Waals surface area contributed by atoms with Crippen LogP contribution in [0.25, 0.3) is 27.9 Å². The van der Waals surface area contributed by atoms with Crippen LogP contribution >= 0.6 is 0 Å². The third-order valence-corrected chi connectivity index (χ3v) is 6.55. The first-order valence-electron chi connectivity index (χ1n) is 12.2. The summed E-state index contributed by atoms with van der Waals surface area (Å²) in [6, 6.07) is 39.2. The molecule has 5 heteroatoms. The van der Waals surface area contributed by atoms with Crippen LogP contribution in [0.1, 0.15) is 0 Å². The number of ether oxygens (including phenoxy) is 1. The first-order chi connectivity index (χ1) is 18.3. The lowest BCUT2D eigenvalue weighted by Crippen LogP contribution is -2.17. The van der Waals surface area contributed by atoms with E-state index in [9.17, 15) is 0 Å². The number of hydrogen-bond donors (Lipinski definition) is 0. The van der Waals surface area contributed by atoms with E-state index in [4.69, 9.17) is 4.74 Å². The second-order valence-electron chi connectivity index (χ2n) is 8.87. The van der Waals surface area contributed by atoms with E-state index in [1.807, 2.05) is 59.4 Å². The zero-order chi connectivity index (χ0) is 24.6. The second-order valence-corrected chi connectivity index (χ2v) is 8.87. The van der Waals surface area contributed by atoms with Crippen LogP contribution in [0.5, 0.6) is 11.5 Å². The molecule has 0 saturated heterocycles. The number of benzene rings is 4. The molecule has 0 bridgehead atoms. The summed E-state index contributed by atoms with van der Waals surface area (Å²) < 4.78 is 8.02. The van der Waals surface area contributed by atoms with E-state index < -0.39 is 0 Å². The fourth-order valence-electron chi connectivity index (χ4n) is 4.73. The minimum absolute atomic E-state index is 0.729. The van der Waals surface area contributed by atoms with Gasteiger partial charge in [-0.2, -0.15) is 5.10 Å². The summed E-state index contributed by atoms with van der Waals surface area (Å²) in [5.41, 5.74) is 7.50. The van der Waals surface area contributed by atoms with Crippen LogP contribution in [0, 0.1) is 0 Å². The maximum Gasteiger partial charge on any atom is 0.181 e. The van der Waals surface area contributed by atoms with Crippen LogP contribution < -0.4 is 9.64 Å². The first kappa shape index (κ1) is 21.1. The van der Waals surface area contributed by atoms with Gasteiger partial charge in [0.25, 0.3) is 0 Å². The van der Waals surface area contributed by atoms with Gasteiger partial charge in [-0.3, -0.25) is 4.90 Å². The van der Waals surface area contributed by atoms with Gasteiger partial charge in [0.2, 0.25) is 0 Å². The summed E-state index contributed by atoms with van der Waals surface area (Å²) in [5, 5.41) is 4.68. The van der Waals surface area contributed by atoms with Crippen molar-refractivity contribution in [3.8, 4) is 39.4 Å². The third kappa shape index (κ3) is 3.83. The van der Waals surface area contributed by atoms with Crippen molar-refractivity contribution in [1.29, 1.82) is 0 Å². The van der Waals surface area contributed by atoms with Crippen molar-refractivity contribution in [1.82, 2.24) is 14.8 Å². The maximum absolute atomic E-state index is 6.11. The quantitative estimate of drug-likeness (QED) is 0.256. The molecule has 2 aromatic heterocycles. The van der Waals surface area contributed by atoms with Crippen LogP contribution in [-0.2, 0) is 0 Å². The number of pyridine rings is 1. The molecular formula is C32H22N4O. The number of nitrogens with zero attached hydrogens (tertiary/aromatic N) is 4. The Morgan fingerprint density at radius 3 is 2.14 bits per heavy atom. The summed E-state index contributed by atoms with van der Waals surface area (Å²) in [5.74, 6) is 2.29. The molecule has 3 heterocycles. The Kier molecular flexibility index (Phi) is 5.03. The highest BCUT2D eigenvalue weighted by Gasteiger charge is 2.26. The van der Waals surface area contributed by atoms with Gasteiger partial charge < -0.3 is 4.74 Å². The predicted molar refractivity (Wildman–Crippen MR) is 147 cm³/mol. The average molecular weight is 479 g/mol. The molecule has 0 atom stereocenters. The Balaban J connectivity index is 1.23. The van der Waals surface area contributed by atoms with Gasteiger partial charge in [-0.15, -0.1) is 0 Å². The molecule has 0 spiro atoms. The van der Waals surface area contributed by atoms with Gasteiger partial charge in [-0.05, 0) is 59.2 Å². The van der Waals surface area contributed by atoms with E-state index in [-0.39, 0.29) is 0 Å². The van der Waals surface area contributed by atoms with Gasteiger partial charge in [-0.1, -0.05) is 72.8 Å². The molecule has 5 nitrogen and oxygen atoms in total. The van der Waals surface area contributed by atoms with Crippen molar-refractivity contribution >= 4 is 17.2 Å². The van der Waals surface area contributed by atoms with Crippen LogP contribution in [-0.4, -0.2) is 14.8 Å². The lowest BCUT2D eigenvalue weighted by Gasteiger charge is -2.31. The third-order valence-electron chi connectivity index (χ3n) is 6.55. The van der Waals surface area contributed by atoms with Gasteiger partial charge >= 0.3 is 0 Å². The van der Waals surface area contributed by atoms with Crippen molar-refractivity contribution in [2.45, 2.75) is 0 Å². The summed E-state index contributed by atoms with van der Waals surface area (Å²) in [6.45, 7) is 0. The van der Waals surface area contributed by atoms with Crippen LogP contribution in [0.15, 0.2) is 134 Å². The van der Waals surface area contributed by atoms with Gasteiger partial charge in [-0.25, -0.2) is 9.67 Å². The molecule has 6 aromatic rings. The Bertz CT molecular complexity index is 1660. The number of hydrogen-bond acceptors (Lipinski definition) is 4. The largest absolute Gasteiger partial charge is 0.451 e. The van der Waals surface area contributed by atoms with E-state index in [1.54, 1.807) is 6.20 Å². The summed E-state index contributed by atoms with van der Waals surface area (Å²) in [4.78, 5) is 6.76. The van der Waals surface area contributed by atoms with Crippen LogP contribution in [0.3, 0.4) is 0 Å². The smallest absolute Gasteiger partial charge is 0.181 e. The molecule has 0 unspecified atom stereocenters. The minimum atomic E-state index is 0.729. The number of fused-ring (bicyclic) bond motifs is 2. The van der Waals surface area contributed by atoms with Gasteiger partial charge in [0.15, 0.2) is 17.3 Å². The molecule has 0 amide bonds. The molecule has 37 heavy (non-hydrogen) atoms. The molecule has 1 aliphatic rings. The number of para-hydroxylation sites is 2. The van der Waals surface area contributed by atoms with Gasteiger partial charge in [0.05, 0.1) is 23.3 Å². The van der Waals surface area contributed by atoms with E-state index in [0.717, 1.165) is 45.5 Å². The van der Waals surface area contributed by atoms with E-state index in [1.165, 1.54) is 11.1 Å². The van der Waals surface area contributed by atoms with Crippen molar-refractivity contribution in [3.05, 3.63) is 134 Å². The summed E-state index contributed by atoms with van der Waals surface area (Å²) in [6.07, 6.45) is 5.76. The fraction of sp³-hybridized carbons (Fsp3) is 0. The lowest BCUT2D eigenvalue weighted by atomic mass is 10.0. The Labute approximate surface area is 214 Å². The Hall–Kier alpha value is -5.16. The predicted octanol–water partition coefficient (Wildman–Crippen LogP) is 8.18. The zero-order valence-electron chi connectivity index (χ0n) is 19.9. The number of anilines is 3. The van der Waals surface area contributed by atoms with Crippen molar-refractivity contribution in [2.24, 2.45) is 0 Å². The Morgan fingerprint density at radius 2 is 1.27 bits per heavy atom. The fourth-order valence-corrected chi connectivity index (χ4v) is 4.73. The van der Waals surface area contributed by atoms with Crippen molar-refractivity contribution in [2.75, 3.05) is 4.90 Å².